The average Bonchev–Trinajstić information content (AvgIpc) is 2.60. The Labute approximate surface area is 52.5 Å². The molecule has 1 aromatic heterocycles. The molecule has 0 saturated heterocycles. The van der Waals surface area contributed by atoms with Crippen LogP contribution in [0.25, 0.3) is 0 Å². The third-order valence-corrected chi connectivity index (χ3v) is 1.49. The summed E-state index contributed by atoms with van der Waals surface area (Å²) < 4.78 is 0. The number of aromatic nitrogens is 1. The maximum atomic E-state index is 10.1. The van der Waals surface area contributed by atoms with E-state index in [1.165, 1.54) is 0 Å². The fourth-order valence-corrected chi connectivity index (χ4v) is 0.947. The molecule has 2 rings (SSSR count). The lowest BCUT2D eigenvalue weighted by atomic mass is 10.4. The Morgan fingerprint density at radius 1 is 1.67 bits per heavy atom. The van der Waals surface area contributed by atoms with Crippen LogP contribution in [-0.4, -0.2) is 11.3 Å². The van der Waals surface area contributed by atoms with Crippen molar-refractivity contribution in [1.82, 2.24) is 4.98 Å². The minimum atomic E-state index is -0.0972. The number of rotatable bonds is 1. The van der Waals surface area contributed by atoms with E-state index in [1.807, 2.05) is 18.4 Å². The molecule has 0 fully saturated rings. The molecule has 0 amide bonds. The zero-order chi connectivity index (χ0) is 6.27. The number of nitrogens with zero attached hydrogens (tertiary/aromatic N) is 1. The predicted octanol–water partition coefficient (Wildman–Crippen LogP) is 0.637. The van der Waals surface area contributed by atoms with Gasteiger partial charge >= 0.3 is 0 Å². The molecule has 1 aliphatic rings. The normalized spacial score (nSPS) is 20.7. The summed E-state index contributed by atoms with van der Waals surface area (Å²) in [6.45, 7) is 0. The molecule has 1 aliphatic carbocycles. The molecule has 0 saturated carbocycles. The van der Waals surface area contributed by atoms with Crippen LogP contribution in [0.2, 0.25) is 0 Å². The van der Waals surface area contributed by atoms with Crippen LogP contribution in [0.5, 0.6) is 0 Å². The summed E-state index contributed by atoms with van der Waals surface area (Å²) in [5.41, 5.74) is 1.93. The molecule has 1 aromatic rings. The Morgan fingerprint density at radius 3 is 3.11 bits per heavy atom. The molecule has 2 heteroatoms. The second-order valence-corrected chi connectivity index (χ2v) is 2.03. The first-order valence-electron chi connectivity index (χ1n) is 2.76. The lowest BCUT2D eigenvalue weighted by Gasteiger charge is -1.69. The Morgan fingerprint density at radius 2 is 2.56 bits per heavy atom. The number of carbonyl (C=O) groups excluding carboxylic acids is 1. The molecule has 0 aliphatic heterocycles. The smallest absolute Gasteiger partial charge is 0.212 e. The van der Waals surface area contributed by atoms with Crippen LogP contribution in [-0.2, 0) is 4.79 Å². The summed E-state index contributed by atoms with van der Waals surface area (Å²) in [6.07, 6.45) is 3.58. The van der Waals surface area contributed by atoms with Crippen LogP contribution < -0.4 is 0 Å². The molecule has 9 heavy (non-hydrogen) atoms. The summed E-state index contributed by atoms with van der Waals surface area (Å²) in [5.74, 6) is -0.0972. The van der Waals surface area contributed by atoms with E-state index in [0.717, 1.165) is 11.3 Å². The quantitative estimate of drug-likeness (QED) is 0.541. The van der Waals surface area contributed by atoms with Crippen molar-refractivity contribution in [2.45, 2.75) is 5.92 Å². The first-order valence-corrected chi connectivity index (χ1v) is 2.76. The summed E-state index contributed by atoms with van der Waals surface area (Å²) in [4.78, 5) is 14.0. The number of fused-ring (bicyclic) bond motifs is 1. The summed E-state index contributed by atoms with van der Waals surface area (Å²) >= 11 is 0. The first-order chi connectivity index (χ1) is 4.43. The molecule has 1 radical (unpaired) electrons. The zero-order valence-electron chi connectivity index (χ0n) is 4.66. The van der Waals surface area contributed by atoms with E-state index >= 15 is 0 Å². The lowest BCUT2D eigenvalue weighted by Crippen LogP contribution is -1.71. The van der Waals surface area contributed by atoms with Gasteiger partial charge in [0.2, 0.25) is 6.29 Å². The van der Waals surface area contributed by atoms with Crippen LogP contribution in [0.4, 0.5) is 0 Å². The molecule has 1 atom stereocenters. The fraction of sp³-hybridized carbons (Fsp3) is 0.143. The van der Waals surface area contributed by atoms with Crippen molar-refractivity contribution in [3.63, 3.8) is 0 Å². The van der Waals surface area contributed by atoms with Crippen molar-refractivity contribution in [3.8, 4) is 0 Å². The maximum Gasteiger partial charge on any atom is 0.212 e. The van der Waals surface area contributed by atoms with Gasteiger partial charge < -0.3 is 0 Å². The molecule has 0 aromatic carbocycles. The van der Waals surface area contributed by atoms with Crippen molar-refractivity contribution >= 4 is 6.29 Å². The van der Waals surface area contributed by atoms with Crippen molar-refractivity contribution in [2.24, 2.45) is 0 Å². The van der Waals surface area contributed by atoms with Gasteiger partial charge in [-0.05, 0) is 11.6 Å². The molecule has 0 bridgehead atoms. The highest BCUT2D eigenvalue weighted by molar-refractivity contribution is 5.78. The molecule has 1 heterocycles. The lowest BCUT2D eigenvalue weighted by molar-refractivity contribution is 0.554. The SMILES string of the molecule is O=[C]C1c2cccnc21. The third-order valence-electron chi connectivity index (χ3n) is 1.49. The maximum absolute atomic E-state index is 10.1. The van der Waals surface area contributed by atoms with Crippen LogP contribution in [0, 0.1) is 0 Å². The number of hydrogen-bond donors (Lipinski definition) is 0. The monoisotopic (exact) mass is 118 g/mol. The minimum Gasteiger partial charge on any atom is -0.290 e. The van der Waals surface area contributed by atoms with Crippen LogP contribution in [0.15, 0.2) is 18.3 Å². The summed E-state index contributed by atoms with van der Waals surface area (Å²) in [7, 11) is 0. The van der Waals surface area contributed by atoms with Gasteiger partial charge in [-0.1, -0.05) is 6.07 Å². The molecule has 0 spiro atoms. The van der Waals surface area contributed by atoms with Gasteiger partial charge in [-0.15, -0.1) is 0 Å². The molecule has 2 nitrogen and oxygen atoms in total. The standard InChI is InChI=1S/C7H4NO/c9-4-6-5-2-1-3-8-7(5)6/h1-3,6H. The Hall–Kier alpha value is -1.18. The molecule has 1 unspecified atom stereocenters. The van der Waals surface area contributed by atoms with Gasteiger partial charge in [0.1, 0.15) is 0 Å². The Balaban J connectivity index is 2.46. The van der Waals surface area contributed by atoms with E-state index < -0.39 is 0 Å². The number of pyridine rings is 1. The topological polar surface area (TPSA) is 30.0 Å². The van der Waals surface area contributed by atoms with Crippen LogP contribution in [0.3, 0.4) is 0 Å². The van der Waals surface area contributed by atoms with E-state index in [9.17, 15) is 4.79 Å². The van der Waals surface area contributed by atoms with Gasteiger partial charge in [-0.2, -0.15) is 0 Å². The average molecular weight is 118 g/mol. The zero-order valence-corrected chi connectivity index (χ0v) is 4.66. The van der Waals surface area contributed by atoms with Gasteiger partial charge in [0.15, 0.2) is 0 Å². The first kappa shape index (κ1) is 4.68. The second kappa shape index (κ2) is 1.41. The largest absolute Gasteiger partial charge is 0.290 e. The van der Waals surface area contributed by atoms with E-state index in [1.54, 1.807) is 6.20 Å². The van der Waals surface area contributed by atoms with E-state index in [2.05, 4.69) is 4.98 Å². The summed E-state index contributed by atoms with van der Waals surface area (Å²) in [6, 6.07) is 3.73. The molecule has 43 valence electrons. The van der Waals surface area contributed by atoms with E-state index in [-0.39, 0.29) is 5.92 Å². The minimum absolute atomic E-state index is 0.0972. The second-order valence-electron chi connectivity index (χ2n) is 2.03. The predicted molar refractivity (Wildman–Crippen MR) is 31.8 cm³/mol. The highest BCUT2D eigenvalue weighted by Gasteiger charge is 2.33. The highest BCUT2D eigenvalue weighted by Crippen LogP contribution is 2.38. The van der Waals surface area contributed by atoms with Gasteiger partial charge in [0, 0.05) is 6.20 Å². The highest BCUT2D eigenvalue weighted by atomic mass is 16.1. The Bertz CT molecular complexity index is 234. The Kier molecular flexibility index (Phi) is 0.730. The molecular weight excluding hydrogens is 114 g/mol. The van der Waals surface area contributed by atoms with Gasteiger partial charge in [-0.3, -0.25) is 9.78 Å². The van der Waals surface area contributed by atoms with Crippen molar-refractivity contribution in [1.29, 1.82) is 0 Å². The fourth-order valence-electron chi connectivity index (χ4n) is 0.947. The van der Waals surface area contributed by atoms with Gasteiger partial charge in [-0.25, -0.2) is 0 Å². The van der Waals surface area contributed by atoms with Crippen LogP contribution in [0.1, 0.15) is 17.2 Å². The van der Waals surface area contributed by atoms with Gasteiger partial charge in [0.05, 0.1) is 11.6 Å². The van der Waals surface area contributed by atoms with Crippen molar-refractivity contribution < 1.29 is 4.79 Å². The van der Waals surface area contributed by atoms with Crippen molar-refractivity contribution in [3.05, 3.63) is 29.6 Å². The third kappa shape index (κ3) is 0.499. The molecular formula is C7H4NO. The van der Waals surface area contributed by atoms with Crippen molar-refractivity contribution in [2.75, 3.05) is 0 Å². The molecule has 0 N–H and O–H groups in total. The van der Waals surface area contributed by atoms with Crippen LogP contribution >= 0.6 is 0 Å². The van der Waals surface area contributed by atoms with E-state index in [0.29, 0.717) is 0 Å². The number of hydrogen-bond acceptors (Lipinski definition) is 2. The van der Waals surface area contributed by atoms with Gasteiger partial charge in [0.25, 0.3) is 0 Å². The van der Waals surface area contributed by atoms with E-state index in [4.69, 9.17) is 0 Å². The summed E-state index contributed by atoms with van der Waals surface area (Å²) in [5, 5.41) is 0.